The number of aryl methyl sites for hydroxylation is 3. The Morgan fingerprint density at radius 3 is 2.23 bits per heavy atom. The Balaban J connectivity index is 1.68. The fourth-order valence-corrected chi connectivity index (χ4v) is 3.00. The molecule has 4 N–H and O–H groups in total. The van der Waals surface area contributed by atoms with Gasteiger partial charge >= 0.3 is 0 Å². The fourth-order valence-electron chi connectivity index (χ4n) is 2.22. The number of hydrazine groups is 1. The molecule has 0 aliphatic rings. The molecule has 26 heavy (non-hydrogen) atoms. The molecule has 1 aromatic heterocycles. The molecule has 0 aliphatic carbocycles. The lowest BCUT2D eigenvalue weighted by Gasteiger charge is -2.11. The monoisotopic (exact) mass is 374 g/mol. The van der Waals surface area contributed by atoms with Gasteiger partial charge in [0.2, 0.25) is 0 Å². The van der Waals surface area contributed by atoms with Crippen molar-refractivity contribution in [3.8, 4) is 0 Å². The van der Waals surface area contributed by atoms with Crippen molar-refractivity contribution >= 4 is 34.7 Å². The second kappa shape index (κ2) is 9.00. The first kappa shape index (κ1) is 19.5. The van der Waals surface area contributed by atoms with Gasteiger partial charge in [0.05, 0.1) is 18.0 Å². The maximum Gasteiger partial charge on any atom is 0.261 e. The van der Waals surface area contributed by atoms with Crippen molar-refractivity contribution in [2.24, 2.45) is 0 Å². The van der Waals surface area contributed by atoms with Gasteiger partial charge in [-0.15, -0.1) is 11.3 Å². The third kappa shape index (κ3) is 5.89. The number of rotatable bonds is 6. The summed E-state index contributed by atoms with van der Waals surface area (Å²) in [6, 6.07) is 9.40. The van der Waals surface area contributed by atoms with Gasteiger partial charge in [0, 0.05) is 10.6 Å². The zero-order chi connectivity index (χ0) is 19.1. The van der Waals surface area contributed by atoms with Crippen LogP contribution < -0.4 is 21.5 Å². The molecular formula is C18H22N4O3S. The van der Waals surface area contributed by atoms with Crippen LogP contribution in [0, 0.1) is 20.8 Å². The lowest BCUT2D eigenvalue weighted by molar-refractivity contribution is -0.127. The van der Waals surface area contributed by atoms with Crippen molar-refractivity contribution < 1.29 is 14.4 Å². The summed E-state index contributed by atoms with van der Waals surface area (Å²) in [5, 5.41) is 5.50. The number of amides is 3. The van der Waals surface area contributed by atoms with Crippen molar-refractivity contribution in [1.82, 2.24) is 16.2 Å². The number of hydrogen-bond donors (Lipinski definition) is 4. The Labute approximate surface area is 156 Å². The highest BCUT2D eigenvalue weighted by Gasteiger charge is 2.10. The van der Waals surface area contributed by atoms with Crippen molar-refractivity contribution in [2.75, 3.05) is 18.4 Å². The second-order valence-electron chi connectivity index (χ2n) is 5.86. The zero-order valence-electron chi connectivity index (χ0n) is 14.9. The number of nitrogens with one attached hydrogen (secondary N) is 4. The van der Waals surface area contributed by atoms with Gasteiger partial charge in [-0.2, -0.15) is 0 Å². The van der Waals surface area contributed by atoms with Crippen LogP contribution in [-0.2, 0) is 9.59 Å². The van der Waals surface area contributed by atoms with Crippen LogP contribution in [0.2, 0.25) is 0 Å². The molecule has 1 heterocycles. The summed E-state index contributed by atoms with van der Waals surface area (Å²) >= 11 is 1.35. The van der Waals surface area contributed by atoms with Crippen LogP contribution in [0.4, 0.5) is 5.69 Å². The van der Waals surface area contributed by atoms with Gasteiger partial charge < -0.3 is 10.6 Å². The van der Waals surface area contributed by atoms with Gasteiger partial charge in [0.15, 0.2) is 0 Å². The summed E-state index contributed by atoms with van der Waals surface area (Å²) in [5.74, 6) is -1.22. The molecule has 0 spiro atoms. The molecule has 0 unspecified atom stereocenters. The predicted octanol–water partition coefficient (Wildman–Crippen LogP) is 1.66. The van der Waals surface area contributed by atoms with Crippen molar-refractivity contribution in [1.29, 1.82) is 0 Å². The molecule has 1 aromatic carbocycles. The summed E-state index contributed by atoms with van der Waals surface area (Å²) in [6.45, 7) is 5.64. The molecule has 2 rings (SSSR count). The topological polar surface area (TPSA) is 99.3 Å². The van der Waals surface area contributed by atoms with Crippen LogP contribution in [0.1, 0.15) is 25.7 Å². The van der Waals surface area contributed by atoms with Crippen LogP contribution >= 0.6 is 11.3 Å². The highest BCUT2D eigenvalue weighted by atomic mass is 32.1. The standard InChI is InChI=1S/C18H22N4O3S/c1-11-4-6-14(12(2)8-11)19-9-16(23)21-22-17(24)10-20-18(25)15-7-5-13(3)26-15/h4-8,19H,9-10H2,1-3H3,(H,20,25)(H,21,23)(H,22,24). The molecule has 0 saturated carbocycles. The molecule has 7 nitrogen and oxygen atoms in total. The Hall–Kier alpha value is -2.87. The van der Waals surface area contributed by atoms with E-state index >= 15 is 0 Å². The first-order chi connectivity index (χ1) is 12.3. The van der Waals surface area contributed by atoms with Gasteiger partial charge in [-0.05, 0) is 44.5 Å². The van der Waals surface area contributed by atoms with E-state index in [-0.39, 0.29) is 19.0 Å². The number of thiophene rings is 1. The van der Waals surface area contributed by atoms with E-state index in [1.54, 1.807) is 6.07 Å². The Bertz CT molecular complexity index is 817. The smallest absolute Gasteiger partial charge is 0.261 e. The largest absolute Gasteiger partial charge is 0.376 e. The molecule has 0 saturated heterocycles. The molecule has 8 heteroatoms. The first-order valence-electron chi connectivity index (χ1n) is 8.08. The van der Waals surface area contributed by atoms with Crippen LogP contribution in [0.5, 0.6) is 0 Å². The average Bonchev–Trinajstić information content (AvgIpc) is 3.03. The Morgan fingerprint density at radius 2 is 1.62 bits per heavy atom. The third-order valence-electron chi connectivity index (χ3n) is 3.54. The van der Waals surface area contributed by atoms with Crippen LogP contribution in [-0.4, -0.2) is 30.8 Å². The van der Waals surface area contributed by atoms with Crippen LogP contribution in [0.25, 0.3) is 0 Å². The van der Waals surface area contributed by atoms with Gasteiger partial charge in [-0.25, -0.2) is 0 Å². The van der Waals surface area contributed by atoms with Crippen LogP contribution in [0.3, 0.4) is 0 Å². The maximum atomic E-state index is 11.8. The summed E-state index contributed by atoms with van der Waals surface area (Å²) < 4.78 is 0. The maximum absolute atomic E-state index is 11.8. The van der Waals surface area contributed by atoms with Gasteiger partial charge in [0.25, 0.3) is 17.7 Å². The summed E-state index contributed by atoms with van der Waals surface area (Å²) in [5.41, 5.74) is 7.60. The lowest BCUT2D eigenvalue weighted by Crippen LogP contribution is -2.47. The van der Waals surface area contributed by atoms with Gasteiger partial charge in [0.1, 0.15) is 0 Å². The van der Waals surface area contributed by atoms with E-state index in [1.807, 2.05) is 45.0 Å². The van der Waals surface area contributed by atoms with Crippen molar-refractivity contribution in [3.63, 3.8) is 0 Å². The van der Waals surface area contributed by atoms with Gasteiger partial charge in [-0.3, -0.25) is 25.2 Å². The molecule has 0 atom stereocenters. The normalized spacial score (nSPS) is 10.1. The summed E-state index contributed by atoms with van der Waals surface area (Å²) in [6.07, 6.45) is 0. The predicted molar refractivity (Wildman–Crippen MR) is 102 cm³/mol. The molecule has 0 radical (unpaired) electrons. The molecule has 2 aromatic rings. The minimum atomic E-state index is -0.508. The number of carbonyl (C=O) groups is 3. The van der Waals surface area contributed by atoms with E-state index in [2.05, 4.69) is 21.5 Å². The number of benzene rings is 1. The van der Waals surface area contributed by atoms with E-state index in [0.29, 0.717) is 4.88 Å². The number of carbonyl (C=O) groups excluding carboxylic acids is 3. The van der Waals surface area contributed by atoms with E-state index < -0.39 is 11.8 Å². The Morgan fingerprint density at radius 1 is 0.923 bits per heavy atom. The number of hydrogen-bond acceptors (Lipinski definition) is 5. The number of anilines is 1. The zero-order valence-corrected chi connectivity index (χ0v) is 15.8. The first-order valence-corrected chi connectivity index (χ1v) is 8.90. The highest BCUT2D eigenvalue weighted by molar-refractivity contribution is 7.13. The minimum absolute atomic E-state index is 0.0189. The minimum Gasteiger partial charge on any atom is -0.376 e. The molecule has 0 bridgehead atoms. The summed E-state index contributed by atoms with van der Waals surface area (Å²) in [7, 11) is 0. The molecule has 0 fully saturated rings. The van der Waals surface area contributed by atoms with E-state index in [9.17, 15) is 14.4 Å². The lowest BCUT2D eigenvalue weighted by atomic mass is 10.1. The molecular weight excluding hydrogens is 352 g/mol. The average molecular weight is 374 g/mol. The molecule has 0 aliphatic heterocycles. The summed E-state index contributed by atoms with van der Waals surface area (Å²) in [4.78, 5) is 36.9. The fraction of sp³-hybridized carbons (Fsp3) is 0.278. The Kier molecular flexibility index (Phi) is 6.74. The second-order valence-corrected chi connectivity index (χ2v) is 7.15. The van der Waals surface area contributed by atoms with E-state index in [4.69, 9.17) is 0 Å². The quantitative estimate of drug-likeness (QED) is 0.578. The van der Waals surface area contributed by atoms with Crippen LogP contribution in [0.15, 0.2) is 30.3 Å². The van der Waals surface area contributed by atoms with E-state index in [1.165, 1.54) is 11.3 Å². The molecule has 3 amide bonds. The third-order valence-corrected chi connectivity index (χ3v) is 4.54. The molecule has 138 valence electrons. The SMILES string of the molecule is Cc1ccc(NCC(=O)NNC(=O)CNC(=O)c2ccc(C)s2)c(C)c1. The van der Waals surface area contributed by atoms with E-state index in [0.717, 1.165) is 21.7 Å². The van der Waals surface area contributed by atoms with Gasteiger partial charge in [-0.1, -0.05) is 17.7 Å². The van der Waals surface area contributed by atoms with Crippen molar-refractivity contribution in [2.45, 2.75) is 20.8 Å². The van der Waals surface area contributed by atoms with Crippen molar-refractivity contribution in [3.05, 3.63) is 51.2 Å². The highest BCUT2D eigenvalue weighted by Crippen LogP contribution is 2.15.